The molecule has 3 nitrogen and oxygen atoms in total. The van der Waals surface area contributed by atoms with E-state index in [1.165, 1.54) is 12.2 Å². The molecule has 0 fully saturated rings. The molecule has 0 amide bonds. The van der Waals surface area contributed by atoms with Crippen LogP contribution in [0, 0.1) is 0 Å². The fourth-order valence-corrected chi connectivity index (χ4v) is 2.73. The Morgan fingerprint density at radius 3 is 2.63 bits per heavy atom. The van der Waals surface area contributed by atoms with Crippen molar-refractivity contribution < 1.29 is 15.0 Å². The summed E-state index contributed by atoms with van der Waals surface area (Å²) in [6.07, 6.45) is 2.74. The second kappa shape index (κ2) is 4.30. The van der Waals surface area contributed by atoms with Crippen molar-refractivity contribution in [1.82, 2.24) is 0 Å². The Hall–Kier alpha value is -1.97. The molecule has 19 heavy (non-hydrogen) atoms. The predicted octanol–water partition coefficient (Wildman–Crippen LogP) is 1.79. The summed E-state index contributed by atoms with van der Waals surface area (Å²) in [6.45, 7) is -0.469. The van der Waals surface area contributed by atoms with Gasteiger partial charge in [-0.3, -0.25) is 4.79 Å². The minimum Gasteiger partial charge on any atom is -0.393 e. The summed E-state index contributed by atoms with van der Waals surface area (Å²) >= 11 is 0. The first-order chi connectivity index (χ1) is 9.15. The lowest BCUT2D eigenvalue weighted by Gasteiger charge is -2.27. The minimum atomic E-state index is -1.50. The van der Waals surface area contributed by atoms with E-state index in [1.54, 1.807) is 0 Å². The van der Waals surface area contributed by atoms with Gasteiger partial charge in [0.15, 0.2) is 5.78 Å². The van der Waals surface area contributed by atoms with Gasteiger partial charge < -0.3 is 10.2 Å². The van der Waals surface area contributed by atoms with E-state index in [-0.39, 0.29) is 5.78 Å². The summed E-state index contributed by atoms with van der Waals surface area (Å²) in [5, 5.41) is 21.7. The van der Waals surface area contributed by atoms with E-state index in [0.29, 0.717) is 0 Å². The van der Waals surface area contributed by atoms with Crippen LogP contribution in [0.25, 0.3) is 10.8 Å². The third-order valence-electron chi connectivity index (χ3n) is 3.71. The van der Waals surface area contributed by atoms with Crippen LogP contribution in [0.3, 0.4) is 0 Å². The van der Waals surface area contributed by atoms with E-state index in [4.69, 9.17) is 0 Å². The van der Waals surface area contributed by atoms with Gasteiger partial charge in [-0.1, -0.05) is 42.5 Å². The fourth-order valence-electron chi connectivity index (χ4n) is 2.73. The molecule has 2 aromatic carbocycles. The molecule has 3 heteroatoms. The number of hydrogen-bond donors (Lipinski definition) is 2. The maximum Gasteiger partial charge on any atom is 0.166 e. The quantitative estimate of drug-likeness (QED) is 0.859. The molecule has 1 unspecified atom stereocenters. The van der Waals surface area contributed by atoms with E-state index in [1.807, 2.05) is 42.5 Å². The van der Waals surface area contributed by atoms with Crippen LogP contribution in [-0.4, -0.2) is 28.2 Å². The summed E-state index contributed by atoms with van der Waals surface area (Å²) in [4.78, 5) is 12.0. The molecule has 3 rings (SSSR count). The average molecular weight is 254 g/mol. The molecule has 0 saturated carbocycles. The second-order valence-corrected chi connectivity index (χ2v) is 4.89. The van der Waals surface area contributed by atoms with Crippen molar-refractivity contribution in [3.63, 3.8) is 0 Å². The summed E-state index contributed by atoms with van der Waals surface area (Å²) in [5.41, 5.74) is -0.744. The van der Waals surface area contributed by atoms with Crippen molar-refractivity contribution in [3.8, 4) is 0 Å². The molecule has 1 aliphatic rings. The molecule has 0 bridgehead atoms. The van der Waals surface area contributed by atoms with Gasteiger partial charge in [-0.15, -0.1) is 0 Å². The van der Waals surface area contributed by atoms with Gasteiger partial charge in [0.2, 0.25) is 0 Å². The SMILES string of the molecule is O=C1C=C[C@@](O)(CO)C1c1cccc2ccccc12. The highest BCUT2D eigenvalue weighted by molar-refractivity contribution is 6.03. The predicted molar refractivity (Wildman–Crippen MR) is 72.9 cm³/mol. The molecule has 0 aromatic heterocycles. The Bertz CT molecular complexity index is 669. The third kappa shape index (κ3) is 1.79. The van der Waals surface area contributed by atoms with E-state index >= 15 is 0 Å². The molecule has 2 N–H and O–H groups in total. The number of aliphatic hydroxyl groups excluding tert-OH is 1. The molecule has 1 aliphatic carbocycles. The number of hydrogen-bond acceptors (Lipinski definition) is 3. The zero-order chi connectivity index (χ0) is 13.5. The summed E-state index contributed by atoms with van der Waals surface area (Å²) in [7, 11) is 0. The molecule has 0 aliphatic heterocycles. The van der Waals surface area contributed by atoms with Gasteiger partial charge in [-0.2, -0.15) is 0 Å². The van der Waals surface area contributed by atoms with Crippen LogP contribution in [0.4, 0.5) is 0 Å². The van der Waals surface area contributed by atoms with Crippen LogP contribution in [0.1, 0.15) is 11.5 Å². The summed E-state index contributed by atoms with van der Waals surface area (Å²) in [5.74, 6) is -0.906. The first kappa shape index (κ1) is 12.1. The Balaban J connectivity index is 2.22. The minimum absolute atomic E-state index is 0.173. The second-order valence-electron chi connectivity index (χ2n) is 4.89. The van der Waals surface area contributed by atoms with Gasteiger partial charge in [0, 0.05) is 0 Å². The highest BCUT2D eigenvalue weighted by atomic mass is 16.3. The summed E-state index contributed by atoms with van der Waals surface area (Å²) < 4.78 is 0. The van der Waals surface area contributed by atoms with Crippen LogP contribution in [0.2, 0.25) is 0 Å². The van der Waals surface area contributed by atoms with E-state index in [9.17, 15) is 15.0 Å². The lowest BCUT2D eigenvalue weighted by atomic mass is 9.82. The van der Waals surface area contributed by atoms with Gasteiger partial charge in [-0.25, -0.2) is 0 Å². The number of benzene rings is 2. The topological polar surface area (TPSA) is 57.5 Å². The van der Waals surface area contributed by atoms with E-state index in [0.717, 1.165) is 16.3 Å². The maximum absolute atomic E-state index is 12.0. The maximum atomic E-state index is 12.0. The van der Waals surface area contributed by atoms with Crippen LogP contribution >= 0.6 is 0 Å². The van der Waals surface area contributed by atoms with Crippen molar-refractivity contribution in [3.05, 3.63) is 60.2 Å². The van der Waals surface area contributed by atoms with E-state index in [2.05, 4.69) is 0 Å². The Morgan fingerprint density at radius 2 is 1.84 bits per heavy atom. The van der Waals surface area contributed by atoms with Gasteiger partial charge in [0.25, 0.3) is 0 Å². The van der Waals surface area contributed by atoms with Crippen LogP contribution < -0.4 is 0 Å². The van der Waals surface area contributed by atoms with Gasteiger partial charge >= 0.3 is 0 Å². The molecule has 0 radical (unpaired) electrons. The van der Waals surface area contributed by atoms with Crippen molar-refractivity contribution in [2.24, 2.45) is 0 Å². The summed E-state index contributed by atoms with van der Waals surface area (Å²) in [6, 6.07) is 13.4. The Kier molecular flexibility index (Phi) is 2.73. The van der Waals surface area contributed by atoms with Gasteiger partial charge in [-0.05, 0) is 28.5 Å². The third-order valence-corrected chi connectivity index (χ3v) is 3.71. The smallest absolute Gasteiger partial charge is 0.166 e. The van der Waals surface area contributed by atoms with Crippen molar-refractivity contribution in [2.75, 3.05) is 6.61 Å². The first-order valence-electron chi connectivity index (χ1n) is 6.20. The van der Waals surface area contributed by atoms with Crippen LogP contribution in [0.15, 0.2) is 54.6 Å². The number of allylic oxidation sites excluding steroid dienone is 1. The number of carbonyl (C=O) groups excluding carboxylic acids is 1. The largest absolute Gasteiger partial charge is 0.393 e. The normalized spacial score (nSPS) is 26.2. The fraction of sp³-hybridized carbons (Fsp3) is 0.188. The van der Waals surface area contributed by atoms with E-state index < -0.39 is 18.1 Å². The molecule has 2 aromatic rings. The molecular weight excluding hydrogens is 240 g/mol. The van der Waals surface area contributed by atoms with Gasteiger partial charge in [0.05, 0.1) is 12.5 Å². The number of rotatable bonds is 2. The highest BCUT2D eigenvalue weighted by Crippen LogP contribution is 2.38. The lowest BCUT2D eigenvalue weighted by Crippen LogP contribution is -2.37. The Morgan fingerprint density at radius 1 is 1.11 bits per heavy atom. The zero-order valence-corrected chi connectivity index (χ0v) is 10.3. The number of fused-ring (bicyclic) bond motifs is 1. The van der Waals surface area contributed by atoms with Crippen molar-refractivity contribution in [1.29, 1.82) is 0 Å². The van der Waals surface area contributed by atoms with Crippen LogP contribution in [0.5, 0.6) is 0 Å². The zero-order valence-electron chi connectivity index (χ0n) is 10.3. The molecule has 0 saturated heterocycles. The van der Waals surface area contributed by atoms with Crippen LogP contribution in [-0.2, 0) is 4.79 Å². The van der Waals surface area contributed by atoms with Crippen molar-refractivity contribution in [2.45, 2.75) is 11.5 Å². The van der Waals surface area contributed by atoms with Crippen molar-refractivity contribution >= 4 is 16.6 Å². The Labute approximate surface area is 110 Å². The first-order valence-corrected chi connectivity index (χ1v) is 6.20. The highest BCUT2D eigenvalue weighted by Gasteiger charge is 2.43. The average Bonchev–Trinajstić information content (AvgIpc) is 2.75. The molecule has 0 spiro atoms. The standard InChI is InChI=1S/C16H14O3/c17-10-16(19)9-8-14(18)15(16)13-7-3-5-11-4-1-2-6-12(11)13/h1-9,15,17,19H,10H2/t15?,16-/m1/s1. The molecule has 96 valence electrons. The number of ketones is 1. The number of aliphatic hydroxyl groups is 2. The van der Waals surface area contributed by atoms with Gasteiger partial charge in [0.1, 0.15) is 5.60 Å². The molecule has 2 atom stereocenters. The monoisotopic (exact) mass is 254 g/mol. The molecular formula is C16H14O3. The molecule has 0 heterocycles. The number of carbonyl (C=O) groups is 1. The lowest BCUT2D eigenvalue weighted by molar-refractivity contribution is -0.119.